The van der Waals surface area contributed by atoms with Crippen molar-refractivity contribution in [1.29, 1.82) is 0 Å². The number of hydrogen-bond donors (Lipinski definition) is 1. The van der Waals surface area contributed by atoms with E-state index in [-0.39, 0.29) is 0 Å². The Labute approximate surface area is 96.3 Å². The number of aromatic nitrogens is 2. The fourth-order valence-electron chi connectivity index (χ4n) is 2.02. The monoisotopic (exact) mass is 217 g/mol. The van der Waals surface area contributed by atoms with Crippen LogP contribution in [0.25, 0.3) is 11.0 Å². The van der Waals surface area contributed by atoms with Gasteiger partial charge in [0.05, 0.1) is 11.0 Å². The zero-order valence-corrected chi connectivity index (χ0v) is 10.2. The molecule has 0 aliphatic heterocycles. The standard InChI is InChI=1S/C13H19N3/c1-4-13-15-11-6-5-10(9(2)8-14)7-12(11)16(13)3/h5-7,9H,4,8,14H2,1-3H3. The van der Waals surface area contributed by atoms with Crippen LogP contribution in [0.4, 0.5) is 0 Å². The van der Waals surface area contributed by atoms with Crippen LogP contribution >= 0.6 is 0 Å². The summed E-state index contributed by atoms with van der Waals surface area (Å²) in [6, 6.07) is 6.43. The highest BCUT2D eigenvalue weighted by Gasteiger charge is 2.09. The molecule has 1 atom stereocenters. The summed E-state index contributed by atoms with van der Waals surface area (Å²) in [6.45, 7) is 4.97. The number of imidazole rings is 1. The normalized spacial score (nSPS) is 13.2. The lowest BCUT2D eigenvalue weighted by atomic mass is 10.0. The van der Waals surface area contributed by atoms with E-state index >= 15 is 0 Å². The van der Waals surface area contributed by atoms with Crippen LogP contribution in [-0.4, -0.2) is 16.1 Å². The number of nitrogens with zero attached hydrogens (tertiary/aromatic N) is 2. The Balaban J connectivity index is 2.56. The van der Waals surface area contributed by atoms with Crippen LogP contribution in [0, 0.1) is 0 Å². The third-order valence-corrected chi connectivity index (χ3v) is 3.24. The summed E-state index contributed by atoms with van der Waals surface area (Å²) in [6.07, 6.45) is 0.965. The van der Waals surface area contributed by atoms with Crippen LogP contribution in [-0.2, 0) is 13.5 Å². The lowest BCUT2D eigenvalue weighted by Gasteiger charge is -2.08. The molecule has 0 amide bonds. The Bertz CT molecular complexity index is 499. The molecule has 1 aromatic carbocycles. The summed E-state index contributed by atoms with van der Waals surface area (Å²) >= 11 is 0. The second-order valence-electron chi connectivity index (χ2n) is 4.33. The summed E-state index contributed by atoms with van der Waals surface area (Å²) < 4.78 is 2.17. The van der Waals surface area contributed by atoms with Gasteiger partial charge in [0.1, 0.15) is 5.82 Å². The van der Waals surface area contributed by atoms with Crippen LogP contribution < -0.4 is 5.73 Å². The number of fused-ring (bicyclic) bond motifs is 1. The second kappa shape index (κ2) is 4.26. The largest absolute Gasteiger partial charge is 0.331 e. The first kappa shape index (κ1) is 11.1. The van der Waals surface area contributed by atoms with Crippen molar-refractivity contribution in [1.82, 2.24) is 9.55 Å². The molecule has 0 bridgehead atoms. The lowest BCUT2D eigenvalue weighted by molar-refractivity contribution is 0.773. The average Bonchev–Trinajstić information content (AvgIpc) is 2.64. The van der Waals surface area contributed by atoms with E-state index in [4.69, 9.17) is 5.73 Å². The fourth-order valence-corrected chi connectivity index (χ4v) is 2.02. The van der Waals surface area contributed by atoms with Gasteiger partial charge in [0, 0.05) is 13.5 Å². The highest BCUT2D eigenvalue weighted by Crippen LogP contribution is 2.21. The topological polar surface area (TPSA) is 43.8 Å². The maximum Gasteiger partial charge on any atom is 0.109 e. The molecule has 0 aliphatic carbocycles. The number of rotatable bonds is 3. The summed E-state index contributed by atoms with van der Waals surface area (Å²) in [5, 5.41) is 0. The summed E-state index contributed by atoms with van der Waals surface area (Å²) in [4.78, 5) is 4.59. The van der Waals surface area contributed by atoms with E-state index in [0.29, 0.717) is 12.5 Å². The third-order valence-electron chi connectivity index (χ3n) is 3.24. The van der Waals surface area contributed by atoms with Gasteiger partial charge in [0.15, 0.2) is 0 Å². The molecule has 0 saturated carbocycles. The number of hydrogen-bond acceptors (Lipinski definition) is 2. The van der Waals surface area contributed by atoms with Gasteiger partial charge < -0.3 is 10.3 Å². The van der Waals surface area contributed by atoms with Crippen molar-refractivity contribution in [3.8, 4) is 0 Å². The van der Waals surface area contributed by atoms with Crippen molar-refractivity contribution >= 4 is 11.0 Å². The van der Waals surface area contributed by atoms with Crippen LogP contribution in [0.15, 0.2) is 18.2 Å². The van der Waals surface area contributed by atoms with Crippen LogP contribution in [0.1, 0.15) is 31.2 Å². The van der Waals surface area contributed by atoms with Gasteiger partial charge in [-0.1, -0.05) is 19.9 Å². The maximum atomic E-state index is 5.70. The maximum absolute atomic E-state index is 5.70. The molecule has 0 radical (unpaired) electrons. The van der Waals surface area contributed by atoms with Crippen LogP contribution in [0.3, 0.4) is 0 Å². The minimum absolute atomic E-state index is 0.407. The van der Waals surface area contributed by atoms with Crippen molar-refractivity contribution in [3.63, 3.8) is 0 Å². The van der Waals surface area contributed by atoms with Gasteiger partial charge in [-0.3, -0.25) is 0 Å². The van der Waals surface area contributed by atoms with Gasteiger partial charge >= 0.3 is 0 Å². The Hall–Kier alpha value is -1.35. The Morgan fingerprint density at radius 2 is 2.19 bits per heavy atom. The van der Waals surface area contributed by atoms with E-state index in [0.717, 1.165) is 17.8 Å². The predicted octanol–water partition coefficient (Wildman–Crippen LogP) is 2.20. The highest BCUT2D eigenvalue weighted by molar-refractivity contribution is 5.77. The minimum Gasteiger partial charge on any atom is -0.331 e. The van der Waals surface area contributed by atoms with Gasteiger partial charge in [-0.2, -0.15) is 0 Å². The summed E-state index contributed by atoms with van der Waals surface area (Å²) in [5.74, 6) is 1.54. The highest BCUT2D eigenvalue weighted by atomic mass is 15.1. The molecule has 0 saturated heterocycles. The SMILES string of the molecule is CCc1nc2ccc(C(C)CN)cc2n1C. The molecule has 0 aliphatic rings. The average molecular weight is 217 g/mol. The van der Waals surface area contributed by atoms with E-state index in [1.165, 1.54) is 11.1 Å². The first-order valence-corrected chi connectivity index (χ1v) is 5.82. The molecule has 0 spiro atoms. The Morgan fingerprint density at radius 1 is 1.44 bits per heavy atom. The molecule has 86 valence electrons. The van der Waals surface area contributed by atoms with Gasteiger partial charge in [-0.25, -0.2) is 4.98 Å². The van der Waals surface area contributed by atoms with Crippen LogP contribution in [0.5, 0.6) is 0 Å². The van der Waals surface area contributed by atoms with Gasteiger partial charge in [0.2, 0.25) is 0 Å². The third kappa shape index (κ3) is 1.71. The molecule has 3 nitrogen and oxygen atoms in total. The zero-order chi connectivity index (χ0) is 11.7. The predicted molar refractivity (Wildman–Crippen MR) is 67.6 cm³/mol. The Kier molecular flexibility index (Phi) is 2.97. The first-order valence-electron chi connectivity index (χ1n) is 5.82. The minimum atomic E-state index is 0.407. The Morgan fingerprint density at radius 3 is 2.81 bits per heavy atom. The zero-order valence-electron chi connectivity index (χ0n) is 10.2. The van der Waals surface area contributed by atoms with E-state index in [1.54, 1.807) is 0 Å². The van der Waals surface area contributed by atoms with E-state index in [2.05, 4.69) is 48.6 Å². The summed E-state index contributed by atoms with van der Waals surface area (Å²) in [5.41, 5.74) is 9.27. The summed E-state index contributed by atoms with van der Waals surface area (Å²) in [7, 11) is 2.07. The molecule has 2 N–H and O–H groups in total. The number of nitrogens with two attached hydrogens (primary N) is 1. The molecule has 2 aromatic rings. The fraction of sp³-hybridized carbons (Fsp3) is 0.462. The molecule has 2 rings (SSSR count). The van der Waals surface area contributed by atoms with Crippen molar-refractivity contribution < 1.29 is 0 Å². The molecule has 3 heteroatoms. The molecule has 0 fully saturated rings. The molecule has 1 aromatic heterocycles. The molecular formula is C13H19N3. The smallest absolute Gasteiger partial charge is 0.109 e. The second-order valence-corrected chi connectivity index (χ2v) is 4.33. The number of aryl methyl sites for hydroxylation is 2. The van der Waals surface area contributed by atoms with Crippen LogP contribution in [0.2, 0.25) is 0 Å². The quantitative estimate of drug-likeness (QED) is 0.856. The molecule has 1 unspecified atom stereocenters. The number of benzene rings is 1. The van der Waals surface area contributed by atoms with Gasteiger partial charge in [0.25, 0.3) is 0 Å². The van der Waals surface area contributed by atoms with Crippen molar-refractivity contribution in [2.75, 3.05) is 6.54 Å². The van der Waals surface area contributed by atoms with Crippen molar-refractivity contribution in [3.05, 3.63) is 29.6 Å². The van der Waals surface area contributed by atoms with Gasteiger partial charge in [-0.05, 0) is 30.2 Å². The van der Waals surface area contributed by atoms with E-state index in [1.807, 2.05) is 0 Å². The first-order chi connectivity index (χ1) is 7.67. The molecule has 16 heavy (non-hydrogen) atoms. The van der Waals surface area contributed by atoms with Crippen molar-refractivity contribution in [2.24, 2.45) is 12.8 Å². The lowest BCUT2D eigenvalue weighted by Crippen LogP contribution is -2.08. The van der Waals surface area contributed by atoms with E-state index in [9.17, 15) is 0 Å². The van der Waals surface area contributed by atoms with Gasteiger partial charge in [-0.15, -0.1) is 0 Å². The molecule has 1 heterocycles. The molecular weight excluding hydrogens is 198 g/mol. The van der Waals surface area contributed by atoms with E-state index < -0.39 is 0 Å². The van der Waals surface area contributed by atoms with Crippen molar-refractivity contribution in [2.45, 2.75) is 26.2 Å².